The Bertz CT molecular complexity index is 892. The molecule has 10 nitrogen and oxygen atoms in total. The smallest absolute Gasteiger partial charge is 0.220 e. The summed E-state index contributed by atoms with van der Waals surface area (Å²) in [5.41, 5.74) is 1.32. The highest BCUT2D eigenvalue weighted by Gasteiger charge is 2.29. The standard InChI is InChI=1S/C17H24N6O4S/c1-18-17(20-12-14-4-3-6-19-16(14)26-2)22-7-9-23(10-8-22)28(24,25)13-15-5-11-27-21-15/h3-6,11H,7-10,12-13H2,1-2H3,(H,18,20). The van der Waals surface area contributed by atoms with Gasteiger partial charge < -0.3 is 19.5 Å². The minimum atomic E-state index is -3.43. The van der Waals surface area contributed by atoms with Crippen LogP contribution in [0, 0.1) is 0 Å². The van der Waals surface area contributed by atoms with Crippen molar-refractivity contribution in [3.8, 4) is 5.88 Å². The van der Waals surface area contributed by atoms with Crippen LogP contribution in [0.2, 0.25) is 0 Å². The number of rotatable bonds is 6. The fraction of sp³-hybridized carbons (Fsp3) is 0.471. The van der Waals surface area contributed by atoms with Gasteiger partial charge in [0, 0.05) is 57.6 Å². The highest BCUT2D eigenvalue weighted by atomic mass is 32.2. The van der Waals surface area contributed by atoms with Crippen LogP contribution in [0.25, 0.3) is 0 Å². The summed E-state index contributed by atoms with van der Waals surface area (Å²) in [6, 6.07) is 5.34. The predicted octanol–water partition coefficient (Wildman–Crippen LogP) is 0.301. The highest BCUT2D eigenvalue weighted by molar-refractivity contribution is 7.88. The third-order valence-corrected chi connectivity index (χ3v) is 6.26. The molecule has 0 spiro atoms. The number of hydrogen-bond acceptors (Lipinski definition) is 7. The summed E-state index contributed by atoms with van der Waals surface area (Å²) in [5, 5.41) is 6.97. The van der Waals surface area contributed by atoms with Gasteiger partial charge in [-0.2, -0.15) is 4.31 Å². The van der Waals surface area contributed by atoms with E-state index in [-0.39, 0.29) is 5.75 Å². The molecule has 0 amide bonds. The summed E-state index contributed by atoms with van der Waals surface area (Å²) in [7, 11) is -0.140. The zero-order chi connectivity index (χ0) is 20.0. The molecule has 1 N–H and O–H groups in total. The van der Waals surface area contributed by atoms with Crippen molar-refractivity contribution in [2.24, 2.45) is 4.99 Å². The van der Waals surface area contributed by atoms with Crippen molar-refractivity contribution in [1.82, 2.24) is 24.7 Å². The number of guanidine groups is 1. The fourth-order valence-corrected chi connectivity index (χ4v) is 4.44. The summed E-state index contributed by atoms with van der Waals surface area (Å²) in [5.74, 6) is 1.12. The van der Waals surface area contributed by atoms with Crippen molar-refractivity contribution < 1.29 is 17.7 Å². The van der Waals surface area contributed by atoms with Gasteiger partial charge in [-0.25, -0.2) is 13.4 Å². The van der Waals surface area contributed by atoms with Gasteiger partial charge in [-0.1, -0.05) is 11.2 Å². The highest BCUT2D eigenvalue weighted by Crippen LogP contribution is 2.15. The van der Waals surface area contributed by atoms with E-state index in [1.165, 1.54) is 10.6 Å². The lowest BCUT2D eigenvalue weighted by Gasteiger charge is -2.35. The molecule has 1 fully saturated rings. The molecule has 0 radical (unpaired) electrons. The quantitative estimate of drug-likeness (QED) is 0.536. The number of aromatic nitrogens is 2. The van der Waals surface area contributed by atoms with E-state index in [1.54, 1.807) is 26.4 Å². The van der Waals surface area contributed by atoms with Gasteiger partial charge in [0.25, 0.3) is 0 Å². The molecule has 3 heterocycles. The third kappa shape index (κ3) is 4.78. The van der Waals surface area contributed by atoms with Crippen LogP contribution in [0.4, 0.5) is 0 Å². The van der Waals surface area contributed by atoms with E-state index in [1.807, 2.05) is 17.0 Å². The average Bonchev–Trinajstić information content (AvgIpc) is 3.21. The van der Waals surface area contributed by atoms with Crippen LogP contribution in [0.1, 0.15) is 11.3 Å². The molecule has 0 atom stereocenters. The Morgan fingerprint density at radius 1 is 1.32 bits per heavy atom. The Morgan fingerprint density at radius 3 is 2.75 bits per heavy atom. The van der Waals surface area contributed by atoms with Crippen molar-refractivity contribution in [3.05, 3.63) is 41.9 Å². The second-order valence-electron chi connectivity index (χ2n) is 6.21. The van der Waals surface area contributed by atoms with Crippen molar-refractivity contribution in [2.45, 2.75) is 12.3 Å². The number of piperazine rings is 1. The van der Waals surface area contributed by atoms with Crippen molar-refractivity contribution >= 4 is 16.0 Å². The summed E-state index contributed by atoms with van der Waals surface area (Å²) < 4.78 is 36.5. The van der Waals surface area contributed by atoms with E-state index in [0.29, 0.717) is 50.3 Å². The number of methoxy groups -OCH3 is 1. The molecule has 1 aliphatic rings. The fourth-order valence-electron chi connectivity index (χ4n) is 3.02. The number of sulfonamides is 1. The van der Waals surface area contributed by atoms with E-state index in [0.717, 1.165) is 5.56 Å². The minimum Gasteiger partial charge on any atom is -0.481 e. The number of hydrogen-bond donors (Lipinski definition) is 1. The van der Waals surface area contributed by atoms with E-state index >= 15 is 0 Å². The van der Waals surface area contributed by atoms with Crippen LogP contribution in [0.15, 0.2) is 40.2 Å². The first kappa shape index (κ1) is 20.1. The lowest BCUT2D eigenvalue weighted by atomic mass is 10.2. The Balaban J connectivity index is 1.55. The normalized spacial score (nSPS) is 16.2. The molecule has 1 aliphatic heterocycles. The summed E-state index contributed by atoms with van der Waals surface area (Å²) >= 11 is 0. The Hall–Kier alpha value is -2.66. The zero-order valence-corrected chi connectivity index (χ0v) is 16.7. The van der Waals surface area contributed by atoms with Crippen LogP contribution in [0.5, 0.6) is 5.88 Å². The van der Waals surface area contributed by atoms with Gasteiger partial charge in [-0.05, 0) is 6.07 Å². The number of aliphatic imine (C=N–C) groups is 1. The first-order chi connectivity index (χ1) is 13.5. The molecule has 28 heavy (non-hydrogen) atoms. The SMILES string of the molecule is CN=C(NCc1cccnc1OC)N1CCN(S(=O)(=O)Cc2ccon2)CC1. The maximum atomic E-state index is 12.5. The molecular weight excluding hydrogens is 384 g/mol. The largest absolute Gasteiger partial charge is 0.481 e. The lowest BCUT2D eigenvalue weighted by molar-refractivity contribution is 0.259. The van der Waals surface area contributed by atoms with Gasteiger partial charge in [0.2, 0.25) is 15.9 Å². The van der Waals surface area contributed by atoms with E-state index in [2.05, 4.69) is 20.4 Å². The van der Waals surface area contributed by atoms with Crippen LogP contribution >= 0.6 is 0 Å². The minimum absolute atomic E-state index is 0.155. The Labute approximate surface area is 164 Å². The van der Waals surface area contributed by atoms with Crippen LogP contribution < -0.4 is 10.1 Å². The second kappa shape index (κ2) is 9.02. The molecule has 0 aromatic carbocycles. The maximum Gasteiger partial charge on any atom is 0.220 e. The molecular formula is C17H24N6O4S. The molecule has 0 unspecified atom stereocenters. The molecule has 11 heteroatoms. The molecule has 1 saturated heterocycles. The van der Waals surface area contributed by atoms with Crippen LogP contribution in [0.3, 0.4) is 0 Å². The summed E-state index contributed by atoms with van der Waals surface area (Å²) in [4.78, 5) is 10.5. The number of pyridine rings is 1. The van der Waals surface area contributed by atoms with E-state index in [4.69, 9.17) is 9.26 Å². The number of nitrogens with zero attached hydrogens (tertiary/aromatic N) is 5. The molecule has 0 aliphatic carbocycles. The molecule has 3 rings (SSSR count). The third-order valence-electron chi connectivity index (χ3n) is 4.45. The van der Waals surface area contributed by atoms with Crippen molar-refractivity contribution in [2.75, 3.05) is 40.3 Å². The van der Waals surface area contributed by atoms with E-state index < -0.39 is 10.0 Å². The summed E-state index contributed by atoms with van der Waals surface area (Å²) in [6.07, 6.45) is 3.05. The van der Waals surface area contributed by atoms with Crippen LogP contribution in [-0.4, -0.2) is 74.1 Å². The van der Waals surface area contributed by atoms with Gasteiger partial charge in [0.1, 0.15) is 12.0 Å². The van der Waals surface area contributed by atoms with Gasteiger partial charge in [-0.3, -0.25) is 4.99 Å². The van der Waals surface area contributed by atoms with Gasteiger partial charge >= 0.3 is 0 Å². The summed E-state index contributed by atoms with van der Waals surface area (Å²) in [6.45, 7) is 2.37. The first-order valence-electron chi connectivity index (χ1n) is 8.84. The van der Waals surface area contributed by atoms with Crippen LogP contribution in [-0.2, 0) is 22.3 Å². The molecule has 0 bridgehead atoms. The molecule has 2 aromatic rings. The van der Waals surface area contributed by atoms with Crippen molar-refractivity contribution in [3.63, 3.8) is 0 Å². The van der Waals surface area contributed by atoms with Gasteiger partial charge in [-0.15, -0.1) is 0 Å². The second-order valence-corrected chi connectivity index (χ2v) is 8.17. The Kier molecular flexibility index (Phi) is 6.47. The van der Waals surface area contributed by atoms with E-state index in [9.17, 15) is 8.42 Å². The predicted molar refractivity (Wildman–Crippen MR) is 103 cm³/mol. The zero-order valence-electron chi connectivity index (χ0n) is 15.9. The Morgan fingerprint density at radius 2 is 2.11 bits per heavy atom. The van der Waals surface area contributed by atoms with Gasteiger partial charge in [0.15, 0.2) is 5.96 Å². The molecule has 2 aromatic heterocycles. The van der Waals surface area contributed by atoms with Gasteiger partial charge in [0.05, 0.1) is 12.8 Å². The number of ether oxygens (including phenoxy) is 1. The molecule has 152 valence electrons. The monoisotopic (exact) mass is 408 g/mol. The maximum absolute atomic E-state index is 12.5. The lowest BCUT2D eigenvalue weighted by Crippen LogP contribution is -2.53. The molecule has 0 saturated carbocycles. The number of nitrogens with one attached hydrogen (secondary N) is 1. The first-order valence-corrected chi connectivity index (χ1v) is 10.4. The topological polar surface area (TPSA) is 113 Å². The van der Waals surface area contributed by atoms with Crippen molar-refractivity contribution in [1.29, 1.82) is 0 Å². The average molecular weight is 408 g/mol.